The lowest BCUT2D eigenvalue weighted by atomic mass is 9.84. The number of aromatic amines is 1. The minimum atomic E-state index is -3.64. The van der Waals surface area contributed by atoms with Crippen molar-refractivity contribution >= 4 is 27.6 Å². The molecule has 2 bridgehead atoms. The number of nitrogens with zero attached hydrogens (tertiary/aromatic N) is 5. The van der Waals surface area contributed by atoms with Crippen LogP contribution in [0, 0.1) is 6.92 Å². The quantitative estimate of drug-likeness (QED) is 0.462. The van der Waals surface area contributed by atoms with Crippen LogP contribution in [0.15, 0.2) is 41.6 Å². The molecule has 180 valence electrons. The summed E-state index contributed by atoms with van der Waals surface area (Å²) in [6.07, 6.45) is 5.53. The molecule has 2 aliphatic rings. The summed E-state index contributed by atoms with van der Waals surface area (Å²) < 4.78 is 33.8. The third kappa shape index (κ3) is 4.55. The highest BCUT2D eigenvalue weighted by molar-refractivity contribution is 7.89. The van der Waals surface area contributed by atoms with E-state index < -0.39 is 10.0 Å². The maximum atomic E-state index is 13.4. The number of methoxy groups -OCH3 is 1. The number of ether oxygens (including phenoxy) is 1. The Kier molecular flexibility index (Phi) is 6.09. The molecule has 3 aromatic heterocycles. The Labute approximate surface area is 198 Å². The molecule has 12 heteroatoms. The lowest BCUT2D eigenvalue weighted by molar-refractivity contribution is 0.115. The number of nitrogens with one attached hydrogen (secondary N) is 3. The van der Waals surface area contributed by atoms with Gasteiger partial charge >= 0.3 is 0 Å². The second kappa shape index (κ2) is 9.18. The SMILES string of the molecule is COc1cc(Nc2cc(C)[nH]n2)nc(NC2CC3CCCC(C2)N3S(=O)(=O)c2ccccn2)n1. The van der Waals surface area contributed by atoms with Gasteiger partial charge in [0.05, 0.1) is 7.11 Å². The summed E-state index contributed by atoms with van der Waals surface area (Å²) in [6.45, 7) is 1.92. The molecule has 34 heavy (non-hydrogen) atoms. The first-order valence-corrected chi connectivity index (χ1v) is 12.8. The number of hydrogen-bond acceptors (Lipinski definition) is 9. The molecule has 2 saturated heterocycles. The molecule has 2 atom stereocenters. The first kappa shape index (κ1) is 22.5. The van der Waals surface area contributed by atoms with Crippen LogP contribution in [0.25, 0.3) is 0 Å². The van der Waals surface area contributed by atoms with Gasteiger partial charge in [-0.05, 0) is 44.7 Å². The van der Waals surface area contributed by atoms with Gasteiger partial charge in [0.25, 0.3) is 10.0 Å². The van der Waals surface area contributed by atoms with Crippen molar-refractivity contribution in [2.24, 2.45) is 0 Å². The maximum Gasteiger partial charge on any atom is 0.261 e. The third-order valence-electron chi connectivity index (χ3n) is 6.29. The van der Waals surface area contributed by atoms with Crippen LogP contribution in [0.1, 0.15) is 37.8 Å². The van der Waals surface area contributed by atoms with Gasteiger partial charge in [0.1, 0.15) is 5.82 Å². The minimum Gasteiger partial charge on any atom is -0.481 e. The van der Waals surface area contributed by atoms with Gasteiger partial charge in [-0.3, -0.25) is 5.10 Å². The molecular weight excluding hydrogens is 456 g/mol. The Hall–Kier alpha value is -3.25. The molecule has 0 spiro atoms. The first-order chi connectivity index (χ1) is 16.4. The van der Waals surface area contributed by atoms with E-state index >= 15 is 0 Å². The standard InChI is InChI=1S/C22H28N8O3S/c1-14-10-19(29-28-14)25-18-13-20(33-2)27-22(26-18)24-15-11-16-6-5-7-17(12-15)30(16)34(31,32)21-8-3-4-9-23-21/h3-4,8-10,13,15-17H,5-7,11-12H2,1-2H3,(H3,24,25,26,27,28,29). The highest BCUT2D eigenvalue weighted by Crippen LogP contribution is 2.38. The number of aromatic nitrogens is 5. The first-order valence-electron chi connectivity index (χ1n) is 11.4. The summed E-state index contributed by atoms with van der Waals surface area (Å²) in [6, 6.07) is 8.43. The topological polar surface area (TPSA) is 138 Å². The fraction of sp³-hybridized carbons (Fsp3) is 0.455. The number of rotatable bonds is 7. The number of fused-ring (bicyclic) bond motifs is 2. The third-order valence-corrected chi connectivity index (χ3v) is 8.22. The Bertz CT molecular complexity index is 1240. The van der Waals surface area contributed by atoms with Crippen LogP contribution >= 0.6 is 0 Å². The van der Waals surface area contributed by atoms with Crippen LogP contribution < -0.4 is 15.4 Å². The van der Waals surface area contributed by atoms with E-state index in [1.54, 1.807) is 35.7 Å². The van der Waals surface area contributed by atoms with Crippen LogP contribution in [-0.2, 0) is 10.0 Å². The molecule has 2 fully saturated rings. The smallest absolute Gasteiger partial charge is 0.261 e. The Morgan fingerprint density at radius 3 is 2.56 bits per heavy atom. The average molecular weight is 485 g/mol. The van der Waals surface area contributed by atoms with E-state index in [2.05, 4.69) is 35.8 Å². The number of aryl methyl sites for hydroxylation is 1. The Morgan fingerprint density at radius 1 is 1.12 bits per heavy atom. The summed E-state index contributed by atoms with van der Waals surface area (Å²) >= 11 is 0. The summed E-state index contributed by atoms with van der Waals surface area (Å²) in [7, 11) is -2.09. The second-order valence-corrected chi connectivity index (χ2v) is 10.5. The highest BCUT2D eigenvalue weighted by atomic mass is 32.2. The van der Waals surface area contributed by atoms with Crippen LogP contribution in [0.4, 0.5) is 17.6 Å². The van der Waals surface area contributed by atoms with E-state index in [0.29, 0.717) is 36.3 Å². The molecule has 5 heterocycles. The number of anilines is 3. The van der Waals surface area contributed by atoms with E-state index in [-0.39, 0.29) is 23.2 Å². The summed E-state index contributed by atoms with van der Waals surface area (Å²) in [5.41, 5.74) is 0.931. The predicted octanol–water partition coefficient (Wildman–Crippen LogP) is 2.84. The molecule has 3 N–H and O–H groups in total. The van der Waals surface area contributed by atoms with Gasteiger partial charge in [-0.1, -0.05) is 12.5 Å². The fourth-order valence-corrected chi connectivity index (χ4v) is 6.74. The molecule has 11 nitrogen and oxygen atoms in total. The monoisotopic (exact) mass is 484 g/mol. The minimum absolute atomic E-state index is 0.0399. The van der Waals surface area contributed by atoms with Crippen molar-refractivity contribution in [1.82, 2.24) is 29.5 Å². The van der Waals surface area contributed by atoms with Gasteiger partial charge in [-0.2, -0.15) is 19.4 Å². The normalized spacial score (nSPS) is 22.8. The van der Waals surface area contributed by atoms with Gasteiger partial charge in [0.15, 0.2) is 10.8 Å². The molecule has 0 aliphatic carbocycles. The van der Waals surface area contributed by atoms with Crippen molar-refractivity contribution in [3.63, 3.8) is 0 Å². The summed E-state index contributed by atoms with van der Waals surface area (Å²) in [5.74, 6) is 2.05. The van der Waals surface area contributed by atoms with Gasteiger partial charge in [-0.25, -0.2) is 13.4 Å². The van der Waals surface area contributed by atoms with Crippen molar-refractivity contribution in [3.05, 3.63) is 42.2 Å². The lowest BCUT2D eigenvalue weighted by Gasteiger charge is -2.47. The van der Waals surface area contributed by atoms with Crippen molar-refractivity contribution in [1.29, 1.82) is 0 Å². The summed E-state index contributed by atoms with van der Waals surface area (Å²) in [4.78, 5) is 13.1. The molecule has 2 aliphatic heterocycles. The van der Waals surface area contributed by atoms with Gasteiger partial charge in [-0.15, -0.1) is 0 Å². The van der Waals surface area contributed by atoms with Gasteiger partial charge in [0, 0.05) is 42.1 Å². The zero-order chi connectivity index (χ0) is 23.7. The molecule has 0 aromatic carbocycles. The van der Waals surface area contributed by atoms with E-state index in [0.717, 1.165) is 25.0 Å². The molecule has 3 aromatic rings. The zero-order valence-electron chi connectivity index (χ0n) is 19.1. The number of piperidine rings is 2. The van der Waals surface area contributed by atoms with E-state index in [4.69, 9.17) is 4.74 Å². The predicted molar refractivity (Wildman–Crippen MR) is 127 cm³/mol. The average Bonchev–Trinajstić information content (AvgIpc) is 3.23. The Balaban J connectivity index is 1.34. The van der Waals surface area contributed by atoms with Gasteiger partial charge < -0.3 is 15.4 Å². The fourth-order valence-electron chi connectivity index (χ4n) is 4.91. The zero-order valence-corrected chi connectivity index (χ0v) is 19.9. The number of pyridine rings is 1. The van der Waals surface area contributed by atoms with E-state index in [1.165, 1.54) is 6.20 Å². The second-order valence-electron chi connectivity index (χ2n) is 8.73. The molecule has 0 saturated carbocycles. The van der Waals surface area contributed by atoms with E-state index in [1.807, 2.05) is 13.0 Å². The van der Waals surface area contributed by atoms with Crippen LogP contribution in [0.3, 0.4) is 0 Å². The van der Waals surface area contributed by atoms with Crippen molar-refractivity contribution in [3.8, 4) is 5.88 Å². The van der Waals surface area contributed by atoms with Crippen LogP contribution in [0.5, 0.6) is 5.88 Å². The number of sulfonamides is 1. The largest absolute Gasteiger partial charge is 0.481 e. The molecule has 0 amide bonds. The van der Waals surface area contributed by atoms with Crippen molar-refractivity contribution in [2.75, 3.05) is 17.7 Å². The molecule has 2 unspecified atom stereocenters. The summed E-state index contributed by atoms with van der Waals surface area (Å²) in [5, 5.41) is 13.8. The Morgan fingerprint density at radius 2 is 1.91 bits per heavy atom. The molecular formula is C22H28N8O3S. The van der Waals surface area contributed by atoms with E-state index in [9.17, 15) is 8.42 Å². The van der Waals surface area contributed by atoms with Crippen LogP contribution in [-0.4, -0.2) is 63.1 Å². The number of H-pyrrole nitrogens is 1. The van der Waals surface area contributed by atoms with Crippen molar-refractivity contribution < 1.29 is 13.2 Å². The lowest BCUT2D eigenvalue weighted by Crippen LogP contribution is -2.57. The molecule has 5 rings (SSSR count). The van der Waals surface area contributed by atoms with Crippen LogP contribution in [0.2, 0.25) is 0 Å². The maximum absolute atomic E-state index is 13.4. The highest BCUT2D eigenvalue weighted by Gasteiger charge is 2.45. The van der Waals surface area contributed by atoms with Crippen molar-refractivity contribution in [2.45, 2.75) is 62.2 Å². The molecule has 0 radical (unpaired) electrons. The van der Waals surface area contributed by atoms with Gasteiger partial charge in [0.2, 0.25) is 11.8 Å². The number of hydrogen-bond donors (Lipinski definition) is 3.